The Balaban J connectivity index is 1.36. The topological polar surface area (TPSA) is 46.2 Å². The first-order chi connectivity index (χ1) is 19.8. The van der Waals surface area contributed by atoms with Gasteiger partial charge in [0.15, 0.2) is 5.56 Å². The van der Waals surface area contributed by atoms with E-state index in [9.17, 15) is 0 Å². The fourth-order valence-electron chi connectivity index (χ4n) is 4.73. The lowest BCUT2D eigenvalue weighted by atomic mass is 9.99. The second-order valence-corrected chi connectivity index (χ2v) is 10.2. The van der Waals surface area contributed by atoms with Gasteiger partial charge in [-0.05, 0) is 22.3 Å². The van der Waals surface area contributed by atoms with E-state index in [4.69, 9.17) is 35.3 Å². The Kier molecular flexibility index (Phi) is 10.8. The van der Waals surface area contributed by atoms with Crippen molar-refractivity contribution in [2.45, 2.75) is 56.4 Å². The van der Waals surface area contributed by atoms with E-state index in [1.807, 2.05) is 121 Å². The quantitative estimate of drug-likeness (QED) is 0.167. The molecule has 208 valence electrons. The molecule has 0 aromatic heterocycles. The van der Waals surface area contributed by atoms with Crippen molar-refractivity contribution in [1.29, 1.82) is 0 Å². The van der Waals surface area contributed by atoms with Gasteiger partial charge in [0.05, 0.1) is 33.0 Å². The number of halogens is 1. The molecule has 4 unspecified atom stereocenters. The number of hydrogen-bond acceptors (Lipinski definition) is 5. The molecule has 0 N–H and O–H groups in total. The molecule has 0 spiro atoms. The Morgan fingerprint density at radius 2 is 0.850 bits per heavy atom. The SMILES string of the molecule is ClC1OC(COCc2ccccc2)C(OCc2ccccc2)C(OCc2ccccc2)[C@@H]1OCc1ccccc1. The number of rotatable bonds is 13. The number of alkyl halides is 1. The molecule has 6 heteroatoms. The zero-order valence-corrected chi connectivity index (χ0v) is 23.1. The van der Waals surface area contributed by atoms with E-state index < -0.39 is 30.0 Å². The van der Waals surface area contributed by atoms with Gasteiger partial charge >= 0.3 is 0 Å². The van der Waals surface area contributed by atoms with Gasteiger partial charge in [0.2, 0.25) is 0 Å². The molecule has 0 aliphatic carbocycles. The number of benzene rings is 4. The minimum atomic E-state index is -0.744. The minimum absolute atomic E-state index is 0.300. The third kappa shape index (κ3) is 8.24. The van der Waals surface area contributed by atoms with Gasteiger partial charge in [-0.3, -0.25) is 0 Å². The van der Waals surface area contributed by atoms with E-state index in [2.05, 4.69) is 0 Å². The van der Waals surface area contributed by atoms with Crippen LogP contribution in [0.4, 0.5) is 0 Å². The first-order valence-corrected chi connectivity index (χ1v) is 14.1. The zero-order chi connectivity index (χ0) is 27.4. The first kappa shape index (κ1) is 28.5. The van der Waals surface area contributed by atoms with Crippen LogP contribution in [0, 0.1) is 0 Å². The summed E-state index contributed by atoms with van der Waals surface area (Å²) in [6.45, 7) is 1.93. The maximum Gasteiger partial charge on any atom is 0.160 e. The Bertz CT molecular complexity index is 1240. The molecule has 0 saturated carbocycles. The predicted octanol–water partition coefficient (Wildman–Crippen LogP) is 6.92. The van der Waals surface area contributed by atoms with E-state index in [1.165, 1.54) is 0 Å². The molecule has 5 atom stereocenters. The highest BCUT2D eigenvalue weighted by atomic mass is 35.5. The summed E-state index contributed by atoms with van der Waals surface area (Å²) in [6.07, 6.45) is -1.98. The van der Waals surface area contributed by atoms with Crippen molar-refractivity contribution in [3.63, 3.8) is 0 Å². The molecule has 1 fully saturated rings. The summed E-state index contributed by atoms with van der Waals surface area (Å²) < 4.78 is 31.9. The summed E-state index contributed by atoms with van der Waals surface area (Å²) >= 11 is 6.86. The molecule has 1 aliphatic rings. The predicted molar refractivity (Wildman–Crippen MR) is 156 cm³/mol. The van der Waals surface area contributed by atoms with Gasteiger partial charge in [-0.25, -0.2) is 0 Å². The van der Waals surface area contributed by atoms with Crippen LogP contribution in [0.2, 0.25) is 0 Å². The van der Waals surface area contributed by atoms with Gasteiger partial charge < -0.3 is 23.7 Å². The van der Waals surface area contributed by atoms with E-state index >= 15 is 0 Å². The van der Waals surface area contributed by atoms with Gasteiger partial charge in [0.25, 0.3) is 0 Å². The molecule has 1 aliphatic heterocycles. The van der Waals surface area contributed by atoms with Crippen LogP contribution in [0.25, 0.3) is 0 Å². The highest BCUT2D eigenvalue weighted by Crippen LogP contribution is 2.32. The third-order valence-electron chi connectivity index (χ3n) is 6.83. The molecular weight excluding hydrogens is 524 g/mol. The van der Waals surface area contributed by atoms with E-state index in [-0.39, 0.29) is 0 Å². The second kappa shape index (κ2) is 15.1. The highest BCUT2D eigenvalue weighted by molar-refractivity contribution is 6.20. The van der Waals surface area contributed by atoms with Crippen molar-refractivity contribution in [3.05, 3.63) is 144 Å². The number of hydrogen-bond donors (Lipinski definition) is 0. The maximum atomic E-state index is 6.86. The van der Waals surface area contributed by atoms with Crippen molar-refractivity contribution in [2.75, 3.05) is 6.61 Å². The van der Waals surface area contributed by atoms with Gasteiger partial charge in [-0.1, -0.05) is 133 Å². The van der Waals surface area contributed by atoms with Crippen molar-refractivity contribution >= 4 is 11.6 Å². The lowest BCUT2D eigenvalue weighted by Gasteiger charge is -2.44. The van der Waals surface area contributed by atoms with Crippen LogP contribution in [-0.2, 0) is 50.1 Å². The molecule has 0 amide bonds. The monoisotopic (exact) mass is 558 g/mol. The fourth-order valence-corrected chi connectivity index (χ4v) is 5.08. The van der Waals surface area contributed by atoms with Crippen molar-refractivity contribution in [2.24, 2.45) is 0 Å². The smallest absolute Gasteiger partial charge is 0.160 e. The fraction of sp³-hybridized carbons (Fsp3) is 0.294. The van der Waals surface area contributed by atoms with E-state index in [1.54, 1.807) is 0 Å². The van der Waals surface area contributed by atoms with Crippen molar-refractivity contribution in [3.8, 4) is 0 Å². The van der Waals surface area contributed by atoms with Gasteiger partial charge in [-0.2, -0.15) is 0 Å². The van der Waals surface area contributed by atoms with Crippen LogP contribution >= 0.6 is 11.6 Å². The largest absolute Gasteiger partial charge is 0.374 e. The molecule has 4 aromatic rings. The van der Waals surface area contributed by atoms with Crippen molar-refractivity contribution in [1.82, 2.24) is 0 Å². The van der Waals surface area contributed by atoms with Crippen LogP contribution in [0.15, 0.2) is 121 Å². The number of ether oxygens (including phenoxy) is 5. The standard InChI is InChI=1S/C34H35ClO5/c35-34-33(39-24-29-19-11-4-12-20-29)32(38-23-28-17-9-3-10-18-28)31(37-22-27-15-7-2-8-16-27)30(40-34)25-36-21-26-13-5-1-6-14-26/h1-20,30-34H,21-25H2/t30?,31?,32?,33-,34?/m0/s1. The lowest BCUT2D eigenvalue weighted by molar-refractivity contribution is -0.256. The van der Waals surface area contributed by atoms with Gasteiger partial charge in [-0.15, -0.1) is 0 Å². The Morgan fingerprint density at radius 1 is 0.475 bits per heavy atom. The molecule has 1 saturated heterocycles. The maximum absolute atomic E-state index is 6.86. The molecule has 40 heavy (non-hydrogen) atoms. The second-order valence-electron chi connectivity index (χ2n) is 9.81. The molecule has 5 rings (SSSR count). The summed E-state index contributed by atoms with van der Waals surface area (Å²) in [4.78, 5) is 0. The molecular formula is C34H35ClO5. The summed E-state index contributed by atoms with van der Waals surface area (Å²) in [6, 6.07) is 40.2. The third-order valence-corrected chi connectivity index (χ3v) is 7.18. The summed E-state index contributed by atoms with van der Waals surface area (Å²) in [5.74, 6) is 0. The van der Waals surface area contributed by atoms with Crippen LogP contribution in [0.1, 0.15) is 22.3 Å². The van der Waals surface area contributed by atoms with Gasteiger partial charge in [0.1, 0.15) is 24.4 Å². The summed E-state index contributed by atoms with van der Waals surface area (Å²) in [5.41, 5.74) is 3.50. The van der Waals surface area contributed by atoms with Crippen LogP contribution in [-0.4, -0.2) is 36.6 Å². The zero-order valence-electron chi connectivity index (χ0n) is 22.4. The average Bonchev–Trinajstić information content (AvgIpc) is 3.01. The lowest BCUT2D eigenvalue weighted by Crippen LogP contribution is -2.59. The molecule has 5 nitrogen and oxygen atoms in total. The average molecular weight is 559 g/mol. The Morgan fingerprint density at radius 3 is 1.30 bits per heavy atom. The summed E-state index contributed by atoms with van der Waals surface area (Å²) in [7, 11) is 0. The molecule has 0 bridgehead atoms. The Labute approximate surface area is 241 Å². The van der Waals surface area contributed by atoms with Gasteiger partial charge in [0, 0.05) is 0 Å². The highest BCUT2D eigenvalue weighted by Gasteiger charge is 2.47. The normalized spacial score (nSPS) is 22.7. The van der Waals surface area contributed by atoms with Crippen LogP contribution in [0.5, 0.6) is 0 Å². The van der Waals surface area contributed by atoms with Crippen molar-refractivity contribution < 1.29 is 23.7 Å². The Hall–Kier alpha value is -3.03. The van der Waals surface area contributed by atoms with Crippen LogP contribution < -0.4 is 0 Å². The summed E-state index contributed by atoms with van der Waals surface area (Å²) in [5, 5.41) is 0. The molecule has 0 radical (unpaired) electrons. The van der Waals surface area contributed by atoms with E-state index in [0.717, 1.165) is 22.3 Å². The molecule has 1 heterocycles. The molecule has 4 aromatic carbocycles. The first-order valence-electron chi connectivity index (χ1n) is 13.6. The van der Waals surface area contributed by atoms with E-state index in [0.29, 0.717) is 33.0 Å². The minimum Gasteiger partial charge on any atom is -0.374 e. The van der Waals surface area contributed by atoms with Crippen LogP contribution in [0.3, 0.4) is 0 Å².